The molecular formula is C21H30N4O2. The van der Waals surface area contributed by atoms with Crippen molar-refractivity contribution in [3.05, 3.63) is 42.0 Å². The summed E-state index contributed by atoms with van der Waals surface area (Å²) in [7, 11) is 1.85. The number of rotatable bonds is 4. The van der Waals surface area contributed by atoms with Crippen LogP contribution in [0.15, 0.2) is 41.4 Å². The fraction of sp³-hybridized carbons (Fsp3) is 0.571. The lowest BCUT2D eigenvalue weighted by molar-refractivity contribution is -0.0817. The van der Waals surface area contributed by atoms with E-state index in [0.717, 1.165) is 64.7 Å². The third-order valence-electron chi connectivity index (χ3n) is 5.53. The van der Waals surface area contributed by atoms with E-state index >= 15 is 0 Å². The molecule has 3 aliphatic heterocycles. The molecule has 146 valence electrons. The van der Waals surface area contributed by atoms with Gasteiger partial charge in [0.25, 0.3) is 0 Å². The van der Waals surface area contributed by atoms with Gasteiger partial charge in [-0.2, -0.15) is 0 Å². The summed E-state index contributed by atoms with van der Waals surface area (Å²) in [6, 6.07) is 8.75. The number of guanidine groups is 1. The Hall–Kier alpha value is -2.05. The molecule has 1 N–H and O–H groups in total. The Morgan fingerprint density at radius 3 is 2.81 bits per heavy atom. The van der Waals surface area contributed by atoms with Crippen LogP contribution in [-0.4, -0.2) is 69.5 Å². The van der Waals surface area contributed by atoms with Crippen molar-refractivity contribution in [1.29, 1.82) is 0 Å². The second-order valence-corrected chi connectivity index (χ2v) is 7.35. The van der Waals surface area contributed by atoms with Crippen LogP contribution in [0.1, 0.15) is 18.4 Å². The van der Waals surface area contributed by atoms with Crippen molar-refractivity contribution < 1.29 is 9.47 Å². The molecule has 6 nitrogen and oxygen atoms in total. The molecule has 2 unspecified atom stereocenters. The monoisotopic (exact) mass is 370 g/mol. The first-order valence-electron chi connectivity index (χ1n) is 10.0. The number of nitrogens with zero attached hydrogens (tertiary/aromatic N) is 3. The van der Waals surface area contributed by atoms with Gasteiger partial charge >= 0.3 is 0 Å². The van der Waals surface area contributed by atoms with Gasteiger partial charge in [-0.15, -0.1) is 0 Å². The van der Waals surface area contributed by atoms with Gasteiger partial charge in [0.05, 0.1) is 12.7 Å². The topological polar surface area (TPSA) is 49.3 Å². The van der Waals surface area contributed by atoms with Crippen molar-refractivity contribution in [2.45, 2.75) is 31.6 Å². The Labute approximate surface area is 161 Å². The van der Waals surface area contributed by atoms with Gasteiger partial charge in [-0.05, 0) is 30.5 Å². The molecule has 0 spiro atoms. The van der Waals surface area contributed by atoms with Crippen molar-refractivity contribution in [2.24, 2.45) is 4.99 Å². The van der Waals surface area contributed by atoms with Crippen LogP contribution >= 0.6 is 0 Å². The lowest BCUT2D eigenvalue weighted by Gasteiger charge is -2.37. The second-order valence-electron chi connectivity index (χ2n) is 7.35. The fourth-order valence-corrected chi connectivity index (χ4v) is 4.05. The molecule has 1 aromatic carbocycles. The number of hydrogen-bond donors (Lipinski definition) is 1. The zero-order chi connectivity index (χ0) is 18.5. The average molecular weight is 370 g/mol. The summed E-state index contributed by atoms with van der Waals surface area (Å²) < 4.78 is 11.8. The number of benzene rings is 1. The smallest absolute Gasteiger partial charge is 0.194 e. The molecule has 2 fully saturated rings. The Balaban J connectivity index is 1.34. The molecule has 4 rings (SSSR count). The Kier molecular flexibility index (Phi) is 5.94. The van der Waals surface area contributed by atoms with E-state index in [1.807, 2.05) is 7.05 Å². The molecule has 0 amide bonds. The molecular weight excluding hydrogens is 340 g/mol. The lowest BCUT2D eigenvalue weighted by atomic mass is 10.1. The molecule has 3 heterocycles. The van der Waals surface area contributed by atoms with E-state index in [1.54, 1.807) is 0 Å². The molecule has 2 saturated heterocycles. The minimum atomic E-state index is 0.144. The van der Waals surface area contributed by atoms with E-state index < -0.39 is 0 Å². The predicted molar refractivity (Wildman–Crippen MR) is 108 cm³/mol. The highest BCUT2D eigenvalue weighted by Crippen LogP contribution is 2.21. The van der Waals surface area contributed by atoms with E-state index in [-0.39, 0.29) is 12.2 Å². The number of hydrogen-bond acceptors (Lipinski definition) is 4. The molecule has 0 aromatic heterocycles. The van der Waals surface area contributed by atoms with Crippen LogP contribution < -0.4 is 10.2 Å². The van der Waals surface area contributed by atoms with Gasteiger partial charge in [-0.25, -0.2) is 0 Å². The number of ether oxygens (including phenoxy) is 2. The average Bonchev–Trinajstić information content (AvgIpc) is 3.43. The SMILES string of the molecule is CN=C(NCc1cccc(N2CC=CC2)c1)N1CCOC(C2CCCO2)C1. The molecule has 2 atom stereocenters. The highest BCUT2D eigenvalue weighted by Gasteiger charge is 2.32. The molecule has 0 saturated carbocycles. The van der Waals surface area contributed by atoms with Crippen LogP contribution in [0.5, 0.6) is 0 Å². The third-order valence-corrected chi connectivity index (χ3v) is 5.53. The summed E-state index contributed by atoms with van der Waals surface area (Å²) in [6.07, 6.45) is 7.05. The standard InChI is InChI=1S/C21H30N4O2/c1-22-21(25-11-13-27-20(16-25)19-8-5-12-26-19)23-15-17-6-4-7-18(14-17)24-9-2-3-10-24/h2-4,6-7,14,19-20H,5,8-13,15-16H2,1H3,(H,22,23). The highest BCUT2D eigenvalue weighted by atomic mass is 16.5. The maximum atomic E-state index is 5.96. The van der Waals surface area contributed by atoms with E-state index in [0.29, 0.717) is 0 Å². The van der Waals surface area contributed by atoms with Gasteiger partial charge in [-0.3, -0.25) is 4.99 Å². The van der Waals surface area contributed by atoms with E-state index in [1.165, 1.54) is 11.3 Å². The molecule has 0 aliphatic carbocycles. The van der Waals surface area contributed by atoms with Crippen LogP contribution in [0.4, 0.5) is 5.69 Å². The van der Waals surface area contributed by atoms with Crippen LogP contribution in [0.2, 0.25) is 0 Å². The number of anilines is 1. The summed E-state index contributed by atoms with van der Waals surface area (Å²) in [5.74, 6) is 0.939. The van der Waals surface area contributed by atoms with Crippen LogP contribution in [-0.2, 0) is 16.0 Å². The second kappa shape index (κ2) is 8.76. The summed E-state index contributed by atoms with van der Waals surface area (Å²) in [5, 5.41) is 3.53. The van der Waals surface area contributed by atoms with Crippen LogP contribution in [0, 0.1) is 0 Å². The fourth-order valence-electron chi connectivity index (χ4n) is 4.05. The van der Waals surface area contributed by atoms with Gasteiger partial charge in [0.1, 0.15) is 6.10 Å². The van der Waals surface area contributed by atoms with Crippen molar-refractivity contribution in [3.8, 4) is 0 Å². The van der Waals surface area contributed by atoms with Crippen molar-refractivity contribution in [3.63, 3.8) is 0 Å². The van der Waals surface area contributed by atoms with Gasteiger partial charge in [0, 0.05) is 52.1 Å². The highest BCUT2D eigenvalue weighted by molar-refractivity contribution is 5.80. The molecule has 27 heavy (non-hydrogen) atoms. The third kappa shape index (κ3) is 4.45. The maximum Gasteiger partial charge on any atom is 0.194 e. The summed E-state index contributed by atoms with van der Waals surface area (Å²) in [4.78, 5) is 9.17. The first kappa shape index (κ1) is 18.3. The van der Waals surface area contributed by atoms with Gasteiger partial charge in [-0.1, -0.05) is 24.3 Å². The summed E-state index contributed by atoms with van der Waals surface area (Å²) in [6.45, 7) is 6.05. The lowest BCUT2D eigenvalue weighted by Crippen LogP contribution is -2.53. The first-order valence-corrected chi connectivity index (χ1v) is 10.0. The number of morpholine rings is 1. The quantitative estimate of drug-likeness (QED) is 0.499. The maximum absolute atomic E-state index is 5.96. The van der Waals surface area contributed by atoms with E-state index in [2.05, 4.69) is 56.5 Å². The van der Waals surface area contributed by atoms with Crippen molar-refractivity contribution in [2.75, 3.05) is 51.3 Å². The summed E-state index contributed by atoms with van der Waals surface area (Å²) >= 11 is 0. The predicted octanol–water partition coefficient (Wildman–Crippen LogP) is 2.02. The van der Waals surface area contributed by atoms with Crippen LogP contribution in [0.3, 0.4) is 0 Å². The van der Waals surface area contributed by atoms with Gasteiger partial charge < -0.3 is 24.6 Å². The Morgan fingerprint density at radius 1 is 1.19 bits per heavy atom. The number of nitrogens with one attached hydrogen (secondary N) is 1. The Bertz CT molecular complexity index is 677. The summed E-state index contributed by atoms with van der Waals surface area (Å²) in [5.41, 5.74) is 2.54. The minimum Gasteiger partial charge on any atom is -0.375 e. The van der Waals surface area contributed by atoms with Crippen molar-refractivity contribution in [1.82, 2.24) is 10.2 Å². The van der Waals surface area contributed by atoms with Gasteiger partial charge in [0.15, 0.2) is 5.96 Å². The zero-order valence-corrected chi connectivity index (χ0v) is 16.1. The zero-order valence-electron chi connectivity index (χ0n) is 16.1. The molecule has 6 heteroatoms. The molecule has 1 aromatic rings. The number of aliphatic imine (C=N–C) groups is 1. The van der Waals surface area contributed by atoms with Gasteiger partial charge in [0.2, 0.25) is 0 Å². The van der Waals surface area contributed by atoms with Crippen LogP contribution in [0.25, 0.3) is 0 Å². The largest absolute Gasteiger partial charge is 0.375 e. The van der Waals surface area contributed by atoms with E-state index in [9.17, 15) is 0 Å². The Morgan fingerprint density at radius 2 is 2.04 bits per heavy atom. The minimum absolute atomic E-state index is 0.144. The molecule has 0 radical (unpaired) electrons. The molecule has 0 bridgehead atoms. The normalized spacial score (nSPS) is 26.0. The van der Waals surface area contributed by atoms with Crippen molar-refractivity contribution >= 4 is 11.6 Å². The molecule has 3 aliphatic rings. The first-order chi connectivity index (χ1) is 13.3. The van der Waals surface area contributed by atoms with E-state index in [4.69, 9.17) is 9.47 Å².